The second kappa shape index (κ2) is 8.17. The summed E-state index contributed by atoms with van der Waals surface area (Å²) < 4.78 is 0. The Kier molecular flexibility index (Phi) is 5.08. The average Bonchev–Trinajstić information content (AvgIpc) is 2.80. The van der Waals surface area contributed by atoms with E-state index in [1.165, 1.54) is 16.3 Å². The van der Waals surface area contributed by atoms with E-state index < -0.39 is 0 Å². The van der Waals surface area contributed by atoms with Gasteiger partial charge in [0, 0.05) is 5.56 Å². The molecule has 0 aromatic heterocycles. The number of fused-ring (bicyclic) bond motifs is 2. The molecule has 4 aromatic rings. The number of hydrazone groups is 1. The van der Waals surface area contributed by atoms with Crippen molar-refractivity contribution in [2.75, 3.05) is 26.2 Å². The van der Waals surface area contributed by atoms with E-state index in [1.54, 1.807) is 17.2 Å². The fourth-order valence-corrected chi connectivity index (χ4v) is 4.37. The Balaban J connectivity index is 1.26. The third-order valence-electron chi connectivity index (χ3n) is 6.05. The molecule has 0 amide bonds. The molecule has 4 nitrogen and oxygen atoms in total. The summed E-state index contributed by atoms with van der Waals surface area (Å²) in [6.07, 6.45) is 1.75. The highest BCUT2D eigenvalue weighted by Crippen LogP contribution is 2.23. The van der Waals surface area contributed by atoms with Crippen molar-refractivity contribution < 1.29 is 10.0 Å². The van der Waals surface area contributed by atoms with Gasteiger partial charge in [0.25, 0.3) is 0 Å². The smallest absolute Gasteiger partial charge is 0.104 e. The van der Waals surface area contributed by atoms with E-state index in [0.717, 1.165) is 43.5 Å². The van der Waals surface area contributed by atoms with Crippen molar-refractivity contribution in [3.8, 4) is 5.75 Å². The van der Waals surface area contributed by atoms with E-state index >= 15 is 0 Å². The Morgan fingerprint density at radius 3 is 2.27 bits per heavy atom. The van der Waals surface area contributed by atoms with Crippen molar-refractivity contribution in [1.29, 1.82) is 0 Å². The SMILES string of the molecule is [O-]c1ccc2ccccc2c1/C=N/N1CC[NH+](Cc2cccc3ccccc23)CC1. The molecule has 5 rings (SSSR count). The van der Waals surface area contributed by atoms with E-state index in [1.807, 2.05) is 30.3 Å². The quantitative estimate of drug-likeness (QED) is 0.540. The molecule has 4 heteroatoms. The summed E-state index contributed by atoms with van der Waals surface area (Å²) in [6, 6.07) is 26.7. The maximum Gasteiger partial charge on any atom is 0.104 e. The summed E-state index contributed by atoms with van der Waals surface area (Å²) in [5, 5.41) is 23.8. The van der Waals surface area contributed by atoms with Gasteiger partial charge in [0.2, 0.25) is 0 Å². The number of rotatable bonds is 4. The predicted molar refractivity (Wildman–Crippen MR) is 121 cm³/mol. The first-order valence-electron chi connectivity index (χ1n) is 10.6. The number of nitrogens with zero attached hydrogens (tertiary/aromatic N) is 2. The Morgan fingerprint density at radius 2 is 1.47 bits per heavy atom. The minimum Gasteiger partial charge on any atom is -0.872 e. The van der Waals surface area contributed by atoms with Crippen LogP contribution in [0.15, 0.2) is 84.0 Å². The Labute approximate surface area is 176 Å². The highest BCUT2D eigenvalue weighted by Gasteiger charge is 2.19. The molecular weight excluding hydrogens is 370 g/mol. The first-order chi connectivity index (χ1) is 14.8. The molecule has 0 radical (unpaired) electrons. The zero-order chi connectivity index (χ0) is 20.3. The monoisotopic (exact) mass is 395 g/mol. The Bertz CT molecular complexity index is 1200. The van der Waals surface area contributed by atoms with Gasteiger partial charge in [-0.25, -0.2) is 0 Å². The van der Waals surface area contributed by atoms with Crippen LogP contribution in [0.2, 0.25) is 0 Å². The second-order valence-corrected chi connectivity index (χ2v) is 7.96. The molecule has 150 valence electrons. The summed E-state index contributed by atoms with van der Waals surface area (Å²) in [5.41, 5.74) is 2.09. The molecule has 1 aliphatic rings. The van der Waals surface area contributed by atoms with Crippen molar-refractivity contribution >= 4 is 27.8 Å². The minimum atomic E-state index is 0.0256. The van der Waals surface area contributed by atoms with Crippen molar-refractivity contribution in [2.45, 2.75) is 6.54 Å². The van der Waals surface area contributed by atoms with Gasteiger partial charge in [-0.15, -0.1) is 0 Å². The topological polar surface area (TPSA) is 43.1 Å². The zero-order valence-electron chi connectivity index (χ0n) is 16.9. The second-order valence-electron chi connectivity index (χ2n) is 7.96. The van der Waals surface area contributed by atoms with Crippen LogP contribution in [0.25, 0.3) is 21.5 Å². The number of hydrogen-bond donors (Lipinski definition) is 1. The van der Waals surface area contributed by atoms with E-state index in [0.29, 0.717) is 5.56 Å². The van der Waals surface area contributed by atoms with Gasteiger partial charge in [-0.05, 0) is 27.1 Å². The van der Waals surface area contributed by atoms with Gasteiger partial charge in [-0.1, -0.05) is 84.6 Å². The summed E-state index contributed by atoms with van der Waals surface area (Å²) in [5.74, 6) is 0.0256. The van der Waals surface area contributed by atoms with Crippen LogP contribution in [0.4, 0.5) is 0 Å². The summed E-state index contributed by atoms with van der Waals surface area (Å²) in [6.45, 7) is 4.92. The van der Waals surface area contributed by atoms with Gasteiger partial charge in [-0.3, -0.25) is 5.01 Å². The fourth-order valence-electron chi connectivity index (χ4n) is 4.37. The Morgan fingerprint density at radius 1 is 0.800 bits per heavy atom. The zero-order valence-corrected chi connectivity index (χ0v) is 16.9. The van der Waals surface area contributed by atoms with Crippen molar-refractivity contribution in [2.24, 2.45) is 5.10 Å². The van der Waals surface area contributed by atoms with Crippen molar-refractivity contribution in [3.05, 3.63) is 90.0 Å². The third kappa shape index (κ3) is 3.74. The van der Waals surface area contributed by atoms with E-state index in [2.05, 4.69) is 52.6 Å². The summed E-state index contributed by atoms with van der Waals surface area (Å²) in [4.78, 5) is 1.58. The number of quaternary nitrogens is 1. The number of nitrogens with one attached hydrogen (secondary N) is 1. The lowest BCUT2D eigenvalue weighted by Gasteiger charge is -2.30. The molecule has 0 saturated carbocycles. The van der Waals surface area contributed by atoms with Gasteiger partial charge in [0.1, 0.15) is 6.54 Å². The van der Waals surface area contributed by atoms with Crippen LogP contribution in [0, 0.1) is 0 Å². The van der Waals surface area contributed by atoms with Crippen LogP contribution in [0.3, 0.4) is 0 Å². The third-order valence-corrected chi connectivity index (χ3v) is 6.05. The predicted octanol–water partition coefficient (Wildman–Crippen LogP) is 2.80. The molecule has 0 atom stereocenters. The van der Waals surface area contributed by atoms with Crippen LogP contribution in [-0.2, 0) is 6.54 Å². The van der Waals surface area contributed by atoms with Crippen LogP contribution in [0.1, 0.15) is 11.1 Å². The van der Waals surface area contributed by atoms with Gasteiger partial charge < -0.3 is 10.0 Å². The van der Waals surface area contributed by atoms with Gasteiger partial charge in [0.15, 0.2) is 0 Å². The lowest BCUT2D eigenvalue weighted by Crippen LogP contribution is -3.13. The van der Waals surface area contributed by atoms with Gasteiger partial charge in [0.05, 0.1) is 32.4 Å². The molecular formula is C26H25N3O. The number of benzene rings is 4. The molecule has 0 spiro atoms. The summed E-state index contributed by atoms with van der Waals surface area (Å²) >= 11 is 0. The van der Waals surface area contributed by atoms with Crippen molar-refractivity contribution in [3.63, 3.8) is 0 Å². The largest absolute Gasteiger partial charge is 0.872 e. The van der Waals surface area contributed by atoms with Crippen molar-refractivity contribution in [1.82, 2.24) is 5.01 Å². The maximum atomic E-state index is 12.4. The van der Waals surface area contributed by atoms with E-state index in [9.17, 15) is 5.11 Å². The highest BCUT2D eigenvalue weighted by molar-refractivity contribution is 6.02. The molecule has 1 N–H and O–H groups in total. The first-order valence-corrected chi connectivity index (χ1v) is 10.6. The van der Waals surface area contributed by atoms with Crippen LogP contribution in [0.5, 0.6) is 5.75 Å². The molecule has 1 saturated heterocycles. The minimum absolute atomic E-state index is 0.0256. The van der Waals surface area contributed by atoms with E-state index in [-0.39, 0.29) is 5.75 Å². The number of hydrogen-bond acceptors (Lipinski definition) is 3. The molecule has 1 heterocycles. The highest BCUT2D eigenvalue weighted by atomic mass is 16.3. The molecule has 0 bridgehead atoms. The molecule has 1 aliphatic heterocycles. The molecule has 4 aromatic carbocycles. The first kappa shape index (κ1) is 18.6. The Hall–Kier alpha value is -3.37. The van der Waals surface area contributed by atoms with E-state index in [4.69, 9.17) is 0 Å². The summed E-state index contributed by atoms with van der Waals surface area (Å²) in [7, 11) is 0. The maximum absolute atomic E-state index is 12.4. The van der Waals surface area contributed by atoms with Gasteiger partial charge in [-0.2, -0.15) is 5.10 Å². The van der Waals surface area contributed by atoms with Crippen LogP contribution in [-0.4, -0.2) is 37.4 Å². The molecule has 0 unspecified atom stereocenters. The van der Waals surface area contributed by atoms with Gasteiger partial charge >= 0.3 is 0 Å². The standard InChI is InChI=1S/C26H25N3O/c30-26-13-12-21-7-2-4-11-24(21)25(26)18-27-29-16-14-28(15-17-29)19-22-9-5-8-20-6-1-3-10-23(20)22/h1-13,18,30H,14-17,19H2/b27-18+. The lowest BCUT2D eigenvalue weighted by molar-refractivity contribution is -0.918. The average molecular weight is 396 g/mol. The fraction of sp³-hybridized carbons (Fsp3) is 0.192. The number of piperazine rings is 1. The van der Waals surface area contributed by atoms with Crippen LogP contribution >= 0.6 is 0 Å². The lowest BCUT2D eigenvalue weighted by atomic mass is 10.0. The molecule has 30 heavy (non-hydrogen) atoms. The normalized spacial score (nSPS) is 15.4. The molecule has 1 fully saturated rings. The van der Waals surface area contributed by atoms with Crippen LogP contribution < -0.4 is 10.0 Å². The molecule has 0 aliphatic carbocycles.